The molecule has 1 fully saturated rings. The number of rotatable bonds is 6. The van der Waals surface area contributed by atoms with Gasteiger partial charge in [-0.25, -0.2) is 8.78 Å². The first-order valence-corrected chi connectivity index (χ1v) is 7.58. The van der Waals surface area contributed by atoms with E-state index in [4.69, 9.17) is 4.74 Å². The normalized spacial score (nSPS) is 19.0. The molecule has 2 rings (SSSR count). The molecule has 0 aliphatic carbocycles. The van der Waals surface area contributed by atoms with Gasteiger partial charge in [0.05, 0.1) is 6.61 Å². The van der Waals surface area contributed by atoms with Gasteiger partial charge >= 0.3 is 0 Å². The van der Waals surface area contributed by atoms with Gasteiger partial charge in [0.15, 0.2) is 0 Å². The number of nitrogens with zero attached hydrogens (tertiary/aromatic N) is 1. The Hall–Kier alpha value is -1.20. The molecule has 0 aromatic heterocycles. The molecule has 0 amide bonds. The Morgan fingerprint density at radius 3 is 2.67 bits per heavy atom. The van der Waals surface area contributed by atoms with E-state index < -0.39 is 11.6 Å². The standard InChI is InChI=1S/C16H24F2N2O/c1-3-19-9-13-7-14(17)16(15(18)8-13)20-6-4-5-12(10-20)11-21-2/h7-8,12,19H,3-6,9-11H2,1-2H3. The van der Waals surface area contributed by atoms with Crippen molar-refractivity contribution in [1.82, 2.24) is 5.32 Å². The summed E-state index contributed by atoms with van der Waals surface area (Å²) in [6.07, 6.45) is 1.98. The lowest BCUT2D eigenvalue weighted by atomic mass is 9.98. The number of piperidine rings is 1. The van der Waals surface area contributed by atoms with Crippen LogP contribution in [0.1, 0.15) is 25.3 Å². The fourth-order valence-electron chi connectivity index (χ4n) is 2.93. The summed E-state index contributed by atoms with van der Waals surface area (Å²) in [5.74, 6) is -0.606. The van der Waals surface area contributed by atoms with Crippen molar-refractivity contribution in [3.8, 4) is 0 Å². The highest BCUT2D eigenvalue weighted by Gasteiger charge is 2.24. The molecule has 0 bridgehead atoms. The molecule has 5 heteroatoms. The van der Waals surface area contributed by atoms with E-state index in [9.17, 15) is 8.78 Å². The number of halogens is 2. The molecule has 0 radical (unpaired) electrons. The van der Waals surface area contributed by atoms with Crippen molar-refractivity contribution in [2.45, 2.75) is 26.3 Å². The highest BCUT2D eigenvalue weighted by Crippen LogP contribution is 2.29. The summed E-state index contributed by atoms with van der Waals surface area (Å²) in [4.78, 5) is 1.81. The number of benzene rings is 1. The minimum atomic E-state index is -0.471. The Kier molecular flexibility index (Phi) is 5.94. The van der Waals surface area contributed by atoms with Crippen LogP contribution in [-0.2, 0) is 11.3 Å². The number of nitrogens with one attached hydrogen (secondary N) is 1. The molecule has 1 saturated heterocycles. The molecule has 1 aromatic rings. The van der Waals surface area contributed by atoms with Crippen LogP contribution in [0.15, 0.2) is 12.1 Å². The van der Waals surface area contributed by atoms with E-state index >= 15 is 0 Å². The van der Waals surface area contributed by atoms with E-state index in [1.807, 2.05) is 11.8 Å². The smallest absolute Gasteiger partial charge is 0.149 e. The molecule has 1 unspecified atom stereocenters. The summed E-state index contributed by atoms with van der Waals surface area (Å²) in [6, 6.07) is 2.86. The molecule has 1 N–H and O–H groups in total. The van der Waals surface area contributed by atoms with Crippen molar-refractivity contribution >= 4 is 5.69 Å². The highest BCUT2D eigenvalue weighted by atomic mass is 19.1. The van der Waals surface area contributed by atoms with Gasteiger partial charge in [0.1, 0.15) is 17.3 Å². The van der Waals surface area contributed by atoms with Gasteiger partial charge in [-0.15, -0.1) is 0 Å². The number of hydrogen-bond acceptors (Lipinski definition) is 3. The zero-order valence-electron chi connectivity index (χ0n) is 12.8. The summed E-state index contributed by atoms with van der Waals surface area (Å²) >= 11 is 0. The molecule has 1 heterocycles. The van der Waals surface area contributed by atoms with Crippen LogP contribution in [0.3, 0.4) is 0 Å². The number of hydrogen-bond donors (Lipinski definition) is 1. The third kappa shape index (κ3) is 4.14. The average molecular weight is 298 g/mol. The van der Waals surface area contributed by atoms with Gasteiger partial charge in [0.2, 0.25) is 0 Å². The predicted molar refractivity (Wildman–Crippen MR) is 80.6 cm³/mol. The second-order valence-corrected chi connectivity index (χ2v) is 5.60. The predicted octanol–water partition coefficient (Wildman–Crippen LogP) is 2.94. The largest absolute Gasteiger partial charge is 0.384 e. The van der Waals surface area contributed by atoms with Gasteiger partial charge in [-0.2, -0.15) is 0 Å². The first-order chi connectivity index (χ1) is 10.2. The van der Waals surface area contributed by atoms with Crippen molar-refractivity contribution < 1.29 is 13.5 Å². The molecule has 1 aliphatic rings. The van der Waals surface area contributed by atoms with Crippen LogP contribution in [0.25, 0.3) is 0 Å². The SMILES string of the molecule is CCNCc1cc(F)c(N2CCCC(COC)C2)c(F)c1. The van der Waals surface area contributed by atoms with Crippen LogP contribution in [0.5, 0.6) is 0 Å². The van der Waals surface area contributed by atoms with E-state index in [1.54, 1.807) is 7.11 Å². The van der Waals surface area contributed by atoms with Crippen LogP contribution in [0.2, 0.25) is 0 Å². The molecule has 1 aromatic carbocycles. The maximum absolute atomic E-state index is 14.3. The van der Waals surface area contributed by atoms with Crippen molar-refractivity contribution in [2.24, 2.45) is 5.92 Å². The molecule has 1 atom stereocenters. The van der Waals surface area contributed by atoms with Crippen LogP contribution >= 0.6 is 0 Å². The second kappa shape index (κ2) is 7.71. The third-order valence-corrected chi connectivity index (χ3v) is 3.89. The van der Waals surface area contributed by atoms with Gasteiger partial charge in [-0.3, -0.25) is 0 Å². The maximum atomic E-state index is 14.3. The lowest BCUT2D eigenvalue weighted by molar-refractivity contribution is 0.143. The van der Waals surface area contributed by atoms with Gasteiger partial charge in [-0.1, -0.05) is 6.92 Å². The molecule has 118 valence electrons. The van der Waals surface area contributed by atoms with Crippen LogP contribution in [0, 0.1) is 17.6 Å². The average Bonchev–Trinajstić information content (AvgIpc) is 2.45. The monoisotopic (exact) mass is 298 g/mol. The molecular formula is C16H24F2N2O. The van der Waals surface area contributed by atoms with Crippen molar-refractivity contribution in [3.63, 3.8) is 0 Å². The summed E-state index contributed by atoms with van der Waals surface area (Å²) in [5.41, 5.74) is 0.747. The first-order valence-electron chi connectivity index (χ1n) is 7.58. The molecule has 0 spiro atoms. The molecular weight excluding hydrogens is 274 g/mol. The van der Waals surface area contributed by atoms with Crippen LogP contribution in [-0.4, -0.2) is 33.4 Å². The molecule has 21 heavy (non-hydrogen) atoms. The van der Waals surface area contributed by atoms with Crippen LogP contribution in [0.4, 0.5) is 14.5 Å². The van der Waals surface area contributed by atoms with E-state index in [1.165, 1.54) is 12.1 Å². The van der Waals surface area contributed by atoms with Gasteiger partial charge in [0.25, 0.3) is 0 Å². The molecule has 1 aliphatic heterocycles. The Labute approximate surface area is 125 Å². The third-order valence-electron chi connectivity index (χ3n) is 3.89. The fraction of sp³-hybridized carbons (Fsp3) is 0.625. The van der Waals surface area contributed by atoms with E-state index in [-0.39, 0.29) is 5.69 Å². The number of anilines is 1. The minimum Gasteiger partial charge on any atom is -0.384 e. The summed E-state index contributed by atoms with van der Waals surface area (Å²) in [5, 5.41) is 3.08. The van der Waals surface area contributed by atoms with Crippen LogP contribution < -0.4 is 10.2 Å². The molecule has 0 saturated carbocycles. The lowest BCUT2D eigenvalue weighted by Crippen LogP contribution is -2.38. The van der Waals surface area contributed by atoms with E-state index in [2.05, 4.69) is 5.32 Å². The topological polar surface area (TPSA) is 24.5 Å². The van der Waals surface area contributed by atoms with Crippen molar-refractivity contribution in [2.75, 3.05) is 38.3 Å². The van der Waals surface area contributed by atoms with Gasteiger partial charge in [0, 0.05) is 26.7 Å². The van der Waals surface area contributed by atoms with Crippen molar-refractivity contribution in [3.05, 3.63) is 29.3 Å². The number of methoxy groups -OCH3 is 1. The van der Waals surface area contributed by atoms with Gasteiger partial charge in [-0.05, 0) is 43.0 Å². The Morgan fingerprint density at radius 2 is 2.05 bits per heavy atom. The zero-order valence-corrected chi connectivity index (χ0v) is 12.8. The van der Waals surface area contributed by atoms with Gasteiger partial charge < -0.3 is 15.0 Å². The molecule has 3 nitrogen and oxygen atoms in total. The Balaban J connectivity index is 2.15. The van der Waals surface area contributed by atoms with E-state index in [0.717, 1.165) is 19.4 Å². The minimum absolute atomic E-state index is 0.107. The summed E-state index contributed by atoms with van der Waals surface area (Å²) in [7, 11) is 1.66. The summed E-state index contributed by atoms with van der Waals surface area (Å²) < 4.78 is 33.8. The second-order valence-electron chi connectivity index (χ2n) is 5.60. The maximum Gasteiger partial charge on any atom is 0.149 e. The van der Waals surface area contributed by atoms with Crippen molar-refractivity contribution in [1.29, 1.82) is 0 Å². The Morgan fingerprint density at radius 1 is 1.33 bits per heavy atom. The summed E-state index contributed by atoms with van der Waals surface area (Å²) in [6.45, 7) is 5.20. The number of ether oxygens (including phenoxy) is 1. The quantitative estimate of drug-likeness (QED) is 0.874. The Bertz CT molecular complexity index is 443. The fourth-order valence-corrected chi connectivity index (χ4v) is 2.93. The zero-order chi connectivity index (χ0) is 15.2. The first kappa shape index (κ1) is 16.2. The lowest BCUT2D eigenvalue weighted by Gasteiger charge is -2.34. The highest BCUT2D eigenvalue weighted by molar-refractivity contribution is 5.51. The van der Waals surface area contributed by atoms with E-state index in [0.29, 0.717) is 37.7 Å².